The molecule has 98 valence electrons. The van der Waals surface area contributed by atoms with E-state index < -0.39 is 11.9 Å². The first-order valence-corrected chi connectivity index (χ1v) is 5.18. The van der Waals surface area contributed by atoms with E-state index in [1.165, 1.54) is 13.8 Å². The summed E-state index contributed by atoms with van der Waals surface area (Å²) in [6.45, 7) is 4.51. The van der Waals surface area contributed by atoms with Gasteiger partial charge in [0.1, 0.15) is 6.61 Å². The topological polar surface area (TPSA) is 104 Å². The molecule has 0 aromatic heterocycles. The summed E-state index contributed by atoms with van der Waals surface area (Å²) in [6.07, 6.45) is 0. The van der Waals surface area contributed by atoms with Crippen molar-refractivity contribution in [2.45, 2.75) is 27.4 Å². The Morgan fingerprint density at radius 1 is 0.944 bits per heavy atom. The number of rotatable bonds is 4. The molecule has 0 fully saturated rings. The summed E-state index contributed by atoms with van der Waals surface area (Å²) in [7, 11) is 0. The molecule has 1 rings (SSSR count). The molecule has 18 heavy (non-hydrogen) atoms. The van der Waals surface area contributed by atoms with Crippen LogP contribution in [0.25, 0.3) is 0 Å². The predicted molar refractivity (Wildman–Crippen MR) is 62.0 cm³/mol. The van der Waals surface area contributed by atoms with Crippen molar-refractivity contribution in [3.8, 4) is 0 Å². The van der Waals surface area contributed by atoms with Crippen LogP contribution in [-0.4, -0.2) is 27.4 Å². The summed E-state index contributed by atoms with van der Waals surface area (Å²) < 4.78 is 0. The Kier molecular flexibility index (Phi) is 4.05. The van der Waals surface area contributed by atoms with Gasteiger partial charge in [-0.25, -0.2) is 14.5 Å². The fraction of sp³-hybridized carbons (Fsp3) is 0.333. The minimum Gasteiger partial charge on any atom is -0.478 e. The Bertz CT molecular complexity index is 518. The fourth-order valence-corrected chi connectivity index (χ4v) is 2.04. The van der Waals surface area contributed by atoms with Gasteiger partial charge in [0, 0.05) is 0 Å². The van der Waals surface area contributed by atoms with Crippen molar-refractivity contribution in [1.82, 2.24) is 0 Å². The van der Waals surface area contributed by atoms with Crippen molar-refractivity contribution in [2.75, 3.05) is 0 Å². The molecule has 0 bridgehead atoms. The van der Waals surface area contributed by atoms with Gasteiger partial charge in [0.2, 0.25) is 0 Å². The number of carboxylic acid groups (broad SMARTS) is 2. The zero-order valence-electron chi connectivity index (χ0n) is 10.3. The molecular weight excluding hydrogens is 240 g/mol. The Morgan fingerprint density at radius 2 is 1.39 bits per heavy atom. The first kappa shape index (κ1) is 14.1. The van der Waals surface area contributed by atoms with Crippen molar-refractivity contribution < 1.29 is 29.9 Å². The average Bonchev–Trinajstić information content (AvgIpc) is 2.27. The fourth-order valence-electron chi connectivity index (χ4n) is 2.04. The number of benzene rings is 1. The molecule has 1 aromatic rings. The predicted octanol–water partition coefficient (Wildman–Crippen LogP) is 2.00. The molecule has 3 N–H and O–H groups in total. The van der Waals surface area contributed by atoms with Crippen LogP contribution in [0.3, 0.4) is 0 Å². The Morgan fingerprint density at radius 3 is 1.78 bits per heavy atom. The molecule has 0 saturated carbocycles. The zero-order valence-corrected chi connectivity index (χ0v) is 10.3. The van der Waals surface area contributed by atoms with Crippen molar-refractivity contribution in [1.29, 1.82) is 0 Å². The van der Waals surface area contributed by atoms with Crippen LogP contribution in [0.15, 0.2) is 0 Å². The van der Waals surface area contributed by atoms with E-state index >= 15 is 0 Å². The van der Waals surface area contributed by atoms with Gasteiger partial charge in [0.25, 0.3) is 0 Å². The van der Waals surface area contributed by atoms with Gasteiger partial charge >= 0.3 is 11.9 Å². The summed E-state index contributed by atoms with van der Waals surface area (Å²) in [6, 6.07) is 0. The van der Waals surface area contributed by atoms with Crippen LogP contribution in [0.1, 0.15) is 43.0 Å². The molecule has 0 radical (unpaired) electrons. The summed E-state index contributed by atoms with van der Waals surface area (Å²) >= 11 is 0. The third kappa shape index (κ3) is 2.20. The van der Waals surface area contributed by atoms with E-state index in [1.54, 1.807) is 6.92 Å². The van der Waals surface area contributed by atoms with Crippen molar-refractivity contribution >= 4 is 11.9 Å². The van der Waals surface area contributed by atoms with Gasteiger partial charge in [0.05, 0.1) is 11.1 Å². The van der Waals surface area contributed by atoms with Crippen LogP contribution < -0.4 is 0 Å². The molecule has 0 amide bonds. The third-order valence-electron chi connectivity index (χ3n) is 3.10. The number of hydrogen-bond donors (Lipinski definition) is 3. The van der Waals surface area contributed by atoms with Crippen molar-refractivity contribution in [3.05, 3.63) is 33.4 Å². The summed E-state index contributed by atoms with van der Waals surface area (Å²) in [5, 5.41) is 26.8. The van der Waals surface area contributed by atoms with Crippen molar-refractivity contribution in [3.63, 3.8) is 0 Å². The molecular formula is C12H14O6. The largest absolute Gasteiger partial charge is 0.478 e. The van der Waals surface area contributed by atoms with Gasteiger partial charge in [0.15, 0.2) is 0 Å². The van der Waals surface area contributed by atoms with Crippen LogP contribution in [-0.2, 0) is 11.5 Å². The lowest BCUT2D eigenvalue weighted by molar-refractivity contribution is -0.253. The molecule has 0 spiro atoms. The maximum atomic E-state index is 11.2. The number of aromatic carboxylic acids is 2. The summed E-state index contributed by atoms with van der Waals surface area (Å²) in [5.41, 5.74) is 1.24. The quantitative estimate of drug-likeness (QED) is 0.560. The summed E-state index contributed by atoms with van der Waals surface area (Å²) in [4.78, 5) is 26.4. The number of hydrogen-bond acceptors (Lipinski definition) is 4. The lowest BCUT2D eigenvalue weighted by Gasteiger charge is -2.17. The zero-order chi connectivity index (χ0) is 14.0. The monoisotopic (exact) mass is 254 g/mol. The molecule has 6 nitrogen and oxygen atoms in total. The molecule has 0 heterocycles. The van der Waals surface area contributed by atoms with Crippen LogP contribution >= 0.6 is 0 Å². The maximum absolute atomic E-state index is 11.2. The average molecular weight is 254 g/mol. The van der Waals surface area contributed by atoms with Gasteiger partial charge in [-0.1, -0.05) is 0 Å². The lowest BCUT2D eigenvalue weighted by atomic mass is 9.88. The van der Waals surface area contributed by atoms with Crippen LogP contribution in [0, 0.1) is 20.8 Å². The van der Waals surface area contributed by atoms with Gasteiger partial charge < -0.3 is 10.2 Å². The molecule has 1 aromatic carbocycles. The van der Waals surface area contributed by atoms with Gasteiger partial charge in [-0.05, 0) is 43.0 Å². The van der Waals surface area contributed by atoms with E-state index in [0.29, 0.717) is 16.7 Å². The number of carboxylic acids is 2. The molecule has 0 aliphatic rings. The van der Waals surface area contributed by atoms with Crippen LogP contribution in [0.5, 0.6) is 0 Å². The molecule has 0 saturated heterocycles. The first-order chi connectivity index (χ1) is 8.32. The van der Waals surface area contributed by atoms with E-state index in [1.807, 2.05) is 0 Å². The number of carbonyl (C=O) groups is 2. The molecule has 0 atom stereocenters. The Labute approximate surface area is 103 Å². The highest BCUT2D eigenvalue weighted by Gasteiger charge is 2.25. The standard InChI is InChI=1S/C12H14O6/c1-5-6(2)9(11(13)14)10(12(15)16)7(3)8(5)4-18-17/h17H,4H2,1-3H3,(H,13,14)(H,15,16). The first-order valence-electron chi connectivity index (χ1n) is 5.18. The molecule has 6 heteroatoms. The summed E-state index contributed by atoms with van der Waals surface area (Å²) in [5.74, 6) is -2.60. The van der Waals surface area contributed by atoms with Gasteiger partial charge in [-0.2, -0.15) is 0 Å². The van der Waals surface area contributed by atoms with Crippen LogP contribution in [0.2, 0.25) is 0 Å². The van der Waals surface area contributed by atoms with E-state index in [2.05, 4.69) is 4.89 Å². The lowest BCUT2D eigenvalue weighted by Crippen LogP contribution is -2.16. The van der Waals surface area contributed by atoms with E-state index in [9.17, 15) is 9.59 Å². The van der Waals surface area contributed by atoms with Gasteiger partial charge in [-0.15, -0.1) is 0 Å². The van der Waals surface area contributed by atoms with E-state index in [4.69, 9.17) is 15.5 Å². The molecule has 0 aliphatic heterocycles. The molecule has 0 unspecified atom stereocenters. The third-order valence-corrected chi connectivity index (χ3v) is 3.10. The maximum Gasteiger partial charge on any atom is 0.336 e. The second-order valence-corrected chi connectivity index (χ2v) is 3.99. The Balaban J connectivity index is 3.76. The highest BCUT2D eigenvalue weighted by molar-refractivity contribution is 6.04. The van der Waals surface area contributed by atoms with E-state index in [0.717, 1.165) is 0 Å². The Hall–Kier alpha value is -1.92. The normalized spacial score (nSPS) is 10.4. The highest BCUT2D eigenvalue weighted by atomic mass is 17.1. The second-order valence-electron chi connectivity index (χ2n) is 3.99. The van der Waals surface area contributed by atoms with Crippen molar-refractivity contribution in [2.24, 2.45) is 0 Å². The smallest absolute Gasteiger partial charge is 0.336 e. The SMILES string of the molecule is Cc1c(C)c(C(=O)O)c(C(=O)O)c(C)c1COO. The van der Waals surface area contributed by atoms with Gasteiger partial charge in [-0.3, -0.25) is 5.26 Å². The van der Waals surface area contributed by atoms with Crippen LogP contribution in [0.4, 0.5) is 0 Å². The minimum atomic E-state index is -1.31. The molecule has 0 aliphatic carbocycles. The highest BCUT2D eigenvalue weighted by Crippen LogP contribution is 2.28. The minimum absolute atomic E-state index is 0.182. The second kappa shape index (κ2) is 5.16. The van der Waals surface area contributed by atoms with E-state index in [-0.39, 0.29) is 23.3 Å².